The summed E-state index contributed by atoms with van der Waals surface area (Å²) in [6.45, 7) is 3.76. The summed E-state index contributed by atoms with van der Waals surface area (Å²) in [4.78, 5) is 10.8. The molecule has 4 nitrogen and oxygen atoms in total. The molecular formula is C14H13F3N2O2. The first-order valence-electron chi connectivity index (χ1n) is 6.20. The fourth-order valence-corrected chi connectivity index (χ4v) is 1.88. The molecule has 0 amide bonds. The number of halogens is 3. The molecule has 0 fully saturated rings. The number of aromatic carboxylic acids is 1. The van der Waals surface area contributed by atoms with Crippen LogP contribution in [0.1, 0.15) is 41.4 Å². The molecule has 1 heterocycles. The minimum atomic E-state index is -4.66. The van der Waals surface area contributed by atoms with Gasteiger partial charge >= 0.3 is 12.1 Å². The number of aromatic nitrogens is 2. The lowest BCUT2D eigenvalue weighted by molar-refractivity contribution is -0.137. The van der Waals surface area contributed by atoms with Crippen molar-refractivity contribution in [2.45, 2.75) is 25.9 Å². The number of carboxylic acids is 1. The van der Waals surface area contributed by atoms with Crippen molar-refractivity contribution in [3.05, 3.63) is 47.3 Å². The molecule has 0 aliphatic heterocycles. The number of hydrogen-bond acceptors (Lipinski definition) is 2. The Morgan fingerprint density at radius 3 is 2.43 bits per heavy atom. The molecule has 0 saturated carbocycles. The molecule has 0 spiro atoms. The van der Waals surface area contributed by atoms with E-state index < -0.39 is 23.3 Å². The topological polar surface area (TPSA) is 55.1 Å². The van der Waals surface area contributed by atoms with Crippen molar-refractivity contribution < 1.29 is 23.1 Å². The Kier molecular flexibility index (Phi) is 3.76. The zero-order chi connectivity index (χ0) is 15.8. The second-order valence-corrected chi connectivity index (χ2v) is 4.87. The molecule has 0 unspecified atom stereocenters. The van der Waals surface area contributed by atoms with E-state index in [0.29, 0.717) is 11.8 Å². The molecule has 0 radical (unpaired) electrons. The maximum atomic E-state index is 13.1. The average Bonchev–Trinajstić information content (AvgIpc) is 2.86. The van der Waals surface area contributed by atoms with E-state index in [9.17, 15) is 18.0 Å². The van der Waals surface area contributed by atoms with Gasteiger partial charge in [-0.25, -0.2) is 9.48 Å². The Morgan fingerprint density at radius 1 is 1.29 bits per heavy atom. The molecule has 2 aromatic rings. The van der Waals surface area contributed by atoms with Gasteiger partial charge < -0.3 is 5.11 Å². The van der Waals surface area contributed by atoms with Gasteiger partial charge in [0.2, 0.25) is 0 Å². The first-order chi connectivity index (χ1) is 9.70. The Balaban J connectivity index is 2.59. The Bertz CT molecular complexity index is 675. The molecule has 1 aromatic heterocycles. The maximum Gasteiger partial charge on any atom is 0.418 e. The molecule has 2 rings (SSSR count). The molecule has 1 aromatic carbocycles. The van der Waals surface area contributed by atoms with Gasteiger partial charge in [0.15, 0.2) is 0 Å². The number of alkyl halides is 3. The molecule has 0 aliphatic carbocycles. The van der Waals surface area contributed by atoms with E-state index in [4.69, 9.17) is 5.11 Å². The summed E-state index contributed by atoms with van der Waals surface area (Å²) in [5.74, 6) is -1.32. The van der Waals surface area contributed by atoms with Crippen LogP contribution in [0, 0.1) is 0 Å². The van der Waals surface area contributed by atoms with E-state index in [2.05, 4.69) is 5.10 Å². The van der Waals surface area contributed by atoms with Crippen molar-refractivity contribution in [2.75, 3.05) is 0 Å². The number of benzene rings is 1. The summed E-state index contributed by atoms with van der Waals surface area (Å²) in [5.41, 5.74) is -0.979. The van der Waals surface area contributed by atoms with Gasteiger partial charge in [-0.15, -0.1) is 0 Å². The highest BCUT2D eigenvalue weighted by Gasteiger charge is 2.35. The minimum absolute atomic E-state index is 0.0823. The van der Waals surface area contributed by atoms with E-state index in [1.165, 1.54) is 6.20 Å². The first kappa shape index (κ1) is 15.1. The third-order valence-corrected chi connectivity index (χ3v) is 3.00. The summed E-state index contributed by atoms with van der Waals surface area (Å²) < 4.78 is 40.4. The lowest BCUT2D eigenvalue weighted by Gasteiger charge is -2.13. The van der Waals surface area contributed by atoms with Crippen LogP contribution in [0.3, 0.4) is 0 Å². The van der Waals surface area contributed by atoms with Crippen LogP contribution in [0.25, 0.3) is 5.69 Å². The highest BCUT2D eigenvalue weighted by Crippen LogP contribution is 2.34. The summed E-state index contributed by atoms with van der Waals surface area (Å²) in [7, 11) is 0. The van der Waals surface area contributed by atoms with Gasteiger partial charge in [-0.1, -0.05) is 13.8 Å². The zero-order valence-corrected chi connectivity index (χ0v) is 11.3. The highest BCUT2D eigenvalue weighted by molar-refractivity contribution is 5.88. The molecule has 21 heavy (non-hydrogen) atoms. The van der Waals surface area contributed by atoms with Crippen LogP contribution in [-0.2, 0) is 6.18 Å². The van der Waals surface area contributed by atoms with Crippen molar-refractivity contribution in [2.24, 2.45) is 0 Å². The predicted octanol–water partition coefficient (Wildman–Crippen LogP) is 3.71. The van der Waals surface area contributed by atoms with Crippen molar-refractivity contribution in [3.63, 3.8) is 0 Å². The molecule has 0 aliphatic rings. The molecule has 0 bridgehead atoms. The van der Waals surface area contributed by atoms with Crippen LogP contribution >= 0.6 is 0 Å². The summed E-state index contributed by atoms with van der Waals surface area (Å²) in [5, 5.41) is 12.9. The molecule has 1 N–H and O–H groups in total. The van der Waals surface area contributed by atoms with Gasteiger partial charge in [-0.05, 0) is 30.2 Å². The van der Waals surface area contributed by atoms with E-state index >= 15 is 0 Å². The van der Waals surface area contributed by atoms with Crippen LogP contribution < -0.4 is 0 Å². The number of carbonyl (C=O) groups is 1. The molecule has 112 valence electrons. The van der Waals surface area contributed by atoms with Crippen LogP contribution in [0.2, 0.25) is 0 Å². The summed E-state index contributed by atoms with van der Waals surface area (Å²) in [6, 6.07) is 4.50. The van der Waals surface area contributed by atoms with E-state index in [1.807, 2.05) is 13.8 Å². The second-order valence-electron chi connectivity index (χ2n) is 4.87. The van der Waals surface area contributed by atoms with Crippen molar-refractivity contribution >= 4 is 5.97 Å². The first-order valence-corrected chi connectivity index (χ1v) is 6.20. The molecular weight excluding hydrogens is 285 g/mol. The normalized spacial score (nSPS) is 11.9. The fraction of sp³-hybridized carbons (Fsp3) is 0.286. The Morgan fingerprint density at radius 2 is 1.95 bits per heavy atom. The van der Waals surface area contributed by atoms with E-state index in [0.717, 1.165) is 16.8 Å². The van der Waals surface area contributed by atoms with Crippen molar-refractivity contribution in [1.82, 2.24) is 9.78 Å². The number of carboxylic acid groups (broad SMARTS) is 1. The van der Waals surface area contributed by atoms with Crippen LogP contribution in [0.4, 0.5) is 13.2 Å². The van der Waals surface area contributed by atoms with E-state index in [1.54, 1.807) is 6.07 Å². The van der Waals surface area contributed by atoms with Crippen LogP contribution in [-0.4, -0.2) is 20.9 Å². The summed E-state index contributed by atoms with van der Waals surface area (Å²) in [6.07, 6.45) is -3.23. The zero-order valence-electron chi connectivity index (χ0n) is 11.3. The molecule has 0 atom stereocenters. The van der Waals surface area contributed by atoms with Gasteiger partial charge in [-0.3, -0.25) is 0 Å². The lowest BCUT2D eigenvalue weighted by Crippen LogP contribution is -2.13. The second kappa shape index (κ2) is 5.23. The van der Waals surface area contributed by atoms with Gasteiger partial charge in [0.1, 0.15) is 0 Å². The van der Waals surface area contributed by atoms with Crippen molar-refractivity contribution in [3.8, 4) is 5.69 Å². The quantitative estimate of drug-likeness (QED) is 0.939. The number of hydrogen-bond donors (Lipinski definition) is 1. The minimum Gasteiger partial charge on any atom is -0.478 e. The van der Waals surface area contributed by atoms with Crippen molar-refractivity contribution in [1.29, 1.82) is 0 Å². The average molecular weight is 298 g/mol. The third kappa shape index (κ3) is 3.07. The summed E-state index contributed by atoms with van der Waals surface area (Å²) >= 11 is 0. The monoisotopic (exact) mass is 298 g/mol. The van der Waals surface area contributed by atoms with Gasteiger partial charge in [-0.2, -0.15) is 18.3 Å². The number of rotatable bonds is 3. The highest BCUT2D eigenvalue weighted by atomic mass is 19.4. The Hall–Kier alpha value is -2.31. The predicted molar refractivity (Wildman–Crippen MR) is 69.6 cm³/mol. The molecule has 0 saturated heterocycles. The fourth-order valence-electron chi connectivity index (χ4n) is 1.88. The van der Waals surface area contributed by atoms with E-state index in [-0.39, 0.29) is 11.6 Å². The SMILES string of the molecule is CC(C)c1ccn(-c2ccc(C(=O)O)cc2C(F)(F)F)n1. The largest absolute Gasteiger partial charge is 0.478 e. The smallest absolute Gasteiger partial charge is 0.418 e. The maximum absolute atomic E-state index is 13.1. The van der Waals surface area contributed by atoms with Gasteiger partial charge in [0, 0.05) is 6.20 Å². The Labute approximate surface area is 118 Å². The standard InChI is InChI=1S/C14H13F3N2O2/c1-8(2)11-5-6-19(18-11)12-4-3-9(13(20)21)7-10(12)14(15,16)17/h3-8H,1-2H3,(H,20,21). The van der Waals surface area contributed by atoms with Crippen LogP contribution in [0.5, 0.6) is 0 Å². The third-order valence-electron chi connectivity index (χ3n) is 3.00. The van der Waals surface area contributed by atoms with Gasteiger partial charge in [0.25, 0.3) is 0 Å². The molecule has 7 heteroatoms. The van der Waals surface area contributed by atoms with Gasteiger partial charge in [0.05, 0.1) is 22.5 Å². The number of nitrogens with zero attached hydrogens (tertiary/aromatic N) is 2. The lowest BCUT2D eigenvalue weighted by atomic mass is 10.1. The van der Waals surface area contributed by atoms with Crippen LogP contribution in [0.15, 0.2) is 30.5 Å².